The molecule has 0 atom stereocenters. The van der Waals surface area contributed by atoms with Crippen LogP contribution in [0.15, 0.2) is 176 Å². The van der Waals surface area contributed by atoms with Crippen LogP contribution in [0.2, 0.25) is 0 Å². The van der Waals surface area contributed by atoms with Crippen LogP contribution in [0, 0.1) is 0 Å². The topological polar surface area (TPSA) is 13.8 Å². The average Bonchev–Trinajstić information content (AvgIpc) is 4.03. The Kier molecular flexibility index (Phi) is 5.01. The van der Waals surface area contributed by atoms with E-state index in [1.807, 2.05) is 0 Å². The summed E-state index contributed by atoms with van der Waals surface area (Å²) in [6.07, 6.45) is 0. The summed E-state index contributed by atoms with van der Waals surface area (Å²) in [4.78, 5) is 0. The number of fused-ring (bicyclic) bond motifs is 18. The lowest BCUT2D eigenvalue weighted by Gasteiger charge is -2.09. The van der Waals surface area contributed by atoms with Gasteiger partial charge < -0.3 is 13.4 Å². The van der Waals surface area contributed by atoms with Gasteiger partial charge in [-0.25, -0.2) is 0 Å². The Hall–Kier alpha value is -7.36. The summed E-state index contributed by atoms with van der Waals surface area (Å²) in [5, 5.41) is 15.7. The molecule has 9 aromatic carbocycles. The lowest BCUT2D eigenvalue weighted by Crippen LogP contribution is -1.93. The van der Waals surface area contributed by atoms with Crippen molar-refractivity contribution in [2.75, 3.05) is 0 Å². The van der Waals surface area contributed by atoms with E-state index in [0.717, 1.165) is 0 Å². The van der Waals surface area contributed by atoms with Gasteiger partial charge in [-0.1, -0.05) is 121 Å². The molecular weight excluding hydrogens is 667 g/mol. The number of benzene rings is 9. The molecule has 55 heavy (non-hydrogen) atoms. The minimum atomic E-state index is 1.18. The van der Waals surface area contributed by atoms with E-state index in [9.17, 15) is 0 Å². The van der Waals surface area contributed by atoms with Gasteiger partial charge in [-0.05, 0) is 70.9 Å². The molecule has 0 bridgehead atoms. The average molecular weight is 696 g/mol. The first-order valence-corrected chi connectivity index (χ1v) is 19.1. The summed E-state index contributed by atoms with van der Waals surface area (Å²) >= 11 is 0. The zero-order chi connectivity index (χ0) is 35.5. The largest absolute Gasteiger partial charge is 0.309 e. The van der Waals surface area contributed by atoms with Gasteiger partial charge in [-0.2, -0.15) is 0 Å². The number of rotatable bonds is 2. The normalized spacial score (nSPS) is 12.7. The molecule has 14 aromatic rings. The van der Waals surface area contributed by atoms with Crippen LogP contribution in [0.1, 0.15) is 0 Å². The van der Waals surface area contributed by atoms with Crippen molar-refractivity contribution in [3.63, 3.8) is 0 Å². The van der Waals surface area contributed by atoms with Gasteiger partial charge in [-0.3, -0.25) is 0 Å². The number of aromatic nitrogens is 3. The van der Waals surface area contributed by atoms with Gasteiger partial charge in [0.25, 0.3) is 0 Å². The second-order valence-electron chi connectivity index (χ2n) is 15.2. The van der Waals surface area contributed by atoms with E-state index in [0.29, 0.717) is 0 Å². The third kappa shape index (κ3) is 3.31. The number of hydrogen-bond donors (Lipinski definition) is 0. The maximum absolute atomic E-state index is 2.58. The molecule has 14 rings (SSSR count). The first-order valence-electron chi connectivity index (χ1n) is 19.1. The van der Waals surface area contributed by atoms with Crippen LogP contribution in [-0.2, 0) is 0 Å². The van der Waals surface area contributed by atoms with Crippen molar-refractivity contribution < 1.29 is 0 Å². The molecule has 0 fully saturated rings. The number of para-hydroxylation sites is 5. The zero-order valence-corrected chi connectivity index (χ0v) is 29.6. The van der Waals surface area contributed by atoms with E-state index >= 15 is 0 Å². The fourth-order valence-corrected chi connectivity index (χ4v) is 10.6. The highest BCUT2D eigenvalue weighted by Crippen LogP contribution is 2.49. The summed E-state index contributed by atoms with van der Waals surface area (Å²) in [6, 6.07) is 65.4. The van der Waals surface area contributed by atoms with Gasteiger partial charge in [-0.15, -0.1) is 0 Å². The van der Waals surface area contributed by atoms with Gasteiger partial charge in [0.2, 0.25) is 0 Å². The molecule has 0 aliphatic heterocycles. The summed E-state index contributed by atoms with van der Waals surface area (Å²) in [7, 11) is 0. The van der Waals surface area contributed by atoms with Crippen molar-refractivity contribution in [3.05, 3.63) is 176 Å². The van der Waals surface area contributed by atoms with E-state index in [4.69, 9.17) is 0 Å². The summed E-state index contributed by atoms with van der Waals surface area (Å²) in [6.45, 7) is 0. The lowest BCUT2D eigenvalue weighted by atomic mass is 9.97. The lowest BCUT2D eigenvalue weighted by molar-refractivity contribution is 1.18. The molecule has 5 aromatic heterocycles. The molecule has 0 aliphatic rings. The molecule has 0 saturated heterocycles. The Morgan fingerprint density at radius 2 is 0.909 bits per heavy atom. The van der Waals surface area contributed by atoms with Crippen LogP contribution in [0.5, 0.6) is 0 Å². The molecule has 0 N–H and O–H groups in total. The molecule has 252 valence electrons. The smallest absolute Gasteiger partial charge is 0.0627 e. The Labute approximate surface area is 313 Å². The van der Waals surface area contributed by atoms with Crippen molar-refractivity contribution in [2.24, 2.45) is 0 Å². The van der Waals surface area contributed by atoms with Crippen LogP contribution >= 0.6 is 0 Å². The van der Waals surface area contributed by atoms with Crippen molar-refractivity contribution in [2.45, 2.75) is 0 Å². The maximum atomic E-state index is 2.58. The summed E-state index contributed by atoms with van der Waals surface area (Å²) < 4.78 is 7.50. The minimum Gasteiger partial charge on any atom is -0.309 e. The van der Waals surface area contributed by atoms with Crippen molar-refractivity contribution >= 4 is 109 Å². The number of hydrogen-bond acceptors (Lipinski definition) is 0. The summed E-state index contributed by atoms with van der Waals surface area (Å²) in [5.74, 6) is 0. The SMILES string of the molecule is c1ccc(-n2c3ccccc3c3cc(-c4cccc5c6cccc7c8c9c%10cc%11ccccc%11c%11c%12ccccc%12n(c9ccc8n(c45)c67)c%10%11)ccc32)cc1. The van der Waals surface area contributed by atoms with Crippen LogP contribution < -0.4 is 0 Å². The molecule has 0 spiro atoms. The first kappa shape index (κ1) is 28.2. The minimum absolute atomic E-state index is 1.18. The molecule has 0 saturated carbocycles. The van der Waals surface area contributed by atoms with Crippen molar-refractivity contribution in [3.8, 4) is 16.8 Å². The van der Waals surface area contributed by atoms with E-state index in [-0.39, 0.29) is 0 Å². The predicted octanol–water partition coefficient (Wildman–Crippen LogP) is 13.9. The third-order valence-corrected chi connectivity index (χ3v) is 12.6. The molecular formula is C52H29N3. The highest BCUT2D eigenvalue weighted by molar-refractivity contribution is 6.38. The van der Waals surface area contributed by atoms with Crippen LogP contribution in [0.25, 0.3) is 126 Å². The maximum Gasteiger partial charge on any atom is 0.0627 e. The van der Waals surface area contributed by atoms with E-state index in [1.54, 1.807) is 0 Å². The van der Waals surface area contributed by atoms with Gasteiger partial charge in [0.05, 0.1) is 44.1 Å². The molecule has 0 radical (unpaired) electrons. The predicted molar refractivity (Wildman–Crippen MR) is 233 cm³/mol. The van der Waals surface area contributed by atoms with E-state index in [1.165, 1.54) is 126 Å². The molecule has 0 unspecified atom stereocenters. The van der Waals surface area contributed by atoms with Crippen LogP contribution in [-0.4, -0.2) is 13.4 Å². The fourth-order valence-electron chi connectivity index (χ4n) is 10.6. The van der Waals surface area contributed by atoms with Gasteiger partial charge in [0.1, 0.15) is 0 Å². The Balaban J connectivity index is 1.13. The fraction of sp³-hybridized carbons (Fsp3) is 0. The second-order valence-corrected chi connectivity index (χ2v) is 15.2. The Morgan fingerprint density at radius 3 is 1.78 bits per heavy atom. The highest BCUT2D eigenvalue weighted by Gasteiger charge is 2.26. The van der Waals surface area contributed by atoms with Gasteiger partial charge in [0.15, 0.2) is 0 Å². The second kappa shape index (κ2) is 9.79. The first-order chi connectivity index (χ1) is 27.3. The molecule has 0 aliphatic carbocycles. The number of nitrogens with zero attached hydrogens (tertiary/aromatic N) is 3. The van der Waals surface area contributed by atoms with Gasteiger partial charge >= 0.3 is 0 Å². The molecule has 3 heteroatoms. The third-order valence-electron chi connectivity index (χ3n) is 12.6. The van der Waals surface area contributed by atoms with Crippen LogP contribution in [0.3, 0.4) is 0 Å². The highest BCUT2D eigenvalue weighted by atomic mass is 15.0. The Bertz CT molecular complexity index is 3930. The molecule has 5 heterocycles. The van der Waals surface area contributed by atoms with Crippen LogP contribution in [0.4, 0.5) is 0 Å². The monoisotopic (exact) mass is 695 g/mol. The van der Waals surface area contributed by atoms with Crippen molar-refractivity contribution in [1.29, 1.82) is 0 Å². The summed E-state index contributed by atoms with van der Waals surface area (Å²) in [5.41, 5.74) is 13.8. The molecule has 3 nitrogen and oxygen atoms in total. The van der Waals surface area contributed by atoms with Crippen molar-refractivity contribution in [1.82, 2.24) is 13.4 Å². The molecule has 0 amide bonds. The van der Waals surface area contributed by atoms with E-state index in [2.05, 4.69) is 189 Å². The standard InChI is InChI=1S/C52H29N3/c1-2-13-32(14-3-1)53-42-22-8-6-16-35(42)40-28-31(24-25-44(40)53)34-18-10-19-36-37-20-11-21-39-48-46(55(50(34)36)51(37)39)27-26-45-49(48)41-29-30-12-4-5-15-33(30)47-38-17-7-9-23-43(38)54(45)52(41)47/h1-29H. The zero-order valence-electron chi connectivity index (χ0n) is 29.6. The Morgan fingerprint density at radius 1 is 0.291 bits per heavy atom. The quantitative estimate of drug-likeness (QED) is 0.171. The van der Waals surface area contributed by atoms with Gasteiger partial charge in [0, 0.05) is 65.1 Å². The van der Waals surface area contributed by atoms with E-state index < -0.39 is 0 Å².